The molecule has 0 saturated carbocycles. The first kappa shape index (κ1) is 12.4. The summed E-state index contributed by atoms with van der Waals surface area (Å²) in [4.78, 5) is 26.1. The molecule has 1 aliphatic heterocycles. The normalized spacial score (nSPS) is 21.7. The van der Waals surface area contributed by atoms with Crippen molar-refractivity contribution in [3.8, 4) is 0 Å². The number of rotatable bonds is 3. The van der Waals surface area contributed by atoms with E-state index >= 15 is 0 Å². The third kappa shape index (κ3) is 1.38. The average molecular weight is 245 g/mol. The van der Waals surface area contributed by atoms with Crippen molar-refractivity contribution in [3.05, 3.63) is 42.5 Å². The molecule has 4 nitrogen and oxygen atoms in total. The number of fused-ring (bicyclic) bond motifs is 1. The number of amides is 1. The van der Waals surface area contributed by atoms with Crippen LogP contribution in [0.25, 0.3) is 0 Å². The third-order valence-corrected chi connectivity index (χ3v) is 3.38. The van der Waals surface area contributed by atoms with Gasteiger partial charge in [-0.05, 0) is 12.5 Å². The topological polar surface area (TPSA) is 46.6 Å². The maximum Gasteiger partial charge on any atom is 0.326 e. The Morgan fingerprint density at radius 1 is 1.50 bits per heavy atom. The highest BCUT2D eigenvalue weighted by atomic mass is 16.5. The Morgan fingerprint density at radius 2 is 2.17 bits per heavy atom. The number of carbonyl (C=O) groups excluding carboxylic acids is 2. The van der Waals surface area contributed by atoms with Gasteiger partial charge in [-0.2, -0.15) is 0 Å². The average Bonchev–Trinajstić information content (AvgIpc) is 2.62. The number of para-hydroxylation sites is 1. The molecule has 0 N–H and O–H groups in total. The fourth-order valence-corrected chi connectivity index (χ4v) is 2.51. The summed E-state index contributed by atoms with van der Waals surface area (Å²) >= 11 is 0. The Balaban J connectivity index is 2.70. The summed E-state index contributed by atoms with van der Waals surface area (Å²) in [5.41, 5.74) is 0.154. The Bertz CT molecular complexity index is 524. The molecule has 18 heavy (non-hydrogen) atoms. The van der Waals surface area contributed by atoms with Gasteiger partial charge in [0.25, 0.3) is 0 Å². The number of benzene rings is 1. The second-order valence-electron chi connectivity index (χ2n) is 4.27. The van der Waals surface area contributed by atoms with Crippen LogP contribution >= 0.6 is 0 Å². The zero-order chi connectivity index (χ0) is 13.3. The van der Waals surface area contributed by atoms with E-state index in [4.69, 9.17) is 4.74 Å². The quantitative estimate of drug-likeness (QED) is 0.462. The van der Waals surface area contributed by atoms with Gasteiger partial charge in [0.15, 0.2) is 5.41 Å². The van der Waals surface area contributed by atoms with Crippen molar-refractivity contribution in [2.24, 2.45) is 0 Å². The lowest BCUT2D eigenvalue weighted by molar-refractivity contribution is -0.151. The minimum absolute atomic E-state index is 0.236. The van der Waals surface area contributed by atoms with Gasteiger partial charge < -0.3 is 9.64 Å². The van der Waals surface area contributed by atoms with Gasteiger partial charge in [0.2, 0.25) is 5.91 Å². The van der Waals surface area contributed by atoms with E-state index in [1.807, 2.05) is 18.2 Å². The third-order valence-electron chi connectivity index (χ3n) is 3.38. The molecule has 4 heteroatoms. The van der Waals surface area contributed by atoms with E-state index in [0.29, 0.717) is 5.56 Å². The van der Waals surface area contributed by atoms with Crippen LogP contribution in [-0.2, 0) is 19.7 Å². The molecule has 94 valence electrons. The highest BCUT2D eigenvalue weighted by molar-refractivity contribution is 6.20. The lowest BCUT2D eigenvalue weighted by Gasteiger charge is -2.23. The Hall–Kier alpha value is -2.10. The Kier molecular flexibility index (Phi) is 2.95. The predicted octanol–water partition coefficient (Wildman–Crippen LogP) is 1.65. The summed E-state index contributed by atoms with van der Waals surface area (Å²) in [7, 11) is 2.95. The summed E-state index contributed by atoms with van der Waals surface area (Å²) in [6.45, 7) is 3.64. The first-order valence-electron chi connectivity index (χ1n) is 5.66. The molecule has 1 aromatic carbocycles. The SMILES string of the molecule is C=CC[C@@]1(C(=O)OC)C(=O)N(C)c2ccccc21. The van der Waals surface area contributed by atoms with Crippen molar-refractivity contribution in [2.75, 3.05) is 19.1 Å². The summed E-state index contributed by atoms with van der Waals surface area (Å²) in [6.07, 6.45) is 1.81. The molecule has 0 radical (unpaired) electrons. The fraction of sp³-hybridized carbons (Fsp3) is 0.286. The number of methoxy groups -OCH3 is 1. The van der Waals surface area contributed by atoms with Crippen molar-refractivity contribution in [1.82, 2.24) is 0 Å². The monoisotopic (exact) mass is 245 g/mol. The Morgan fingerprint density at radius 3 is 2.78 bits per heavy atom. The summed E-state index contributed by atoms with van der Waals surface area (Å²) in [5, 5.41) is 0. The molecule has 1 heterocycles. The second-order valence-corrected chi connectivity index (χ2v) is 4.27. The molecule has 0 bridgehead atoms. The highest BCUT2D eigenvalue weighted by Gasteiger charge is 2.55. The molecule has 1 aliphatic rings. The van der Waals surface area contributed by atoms with Gasteiger partial charge in [-0.3, -0.25) is 9.59 Å². The number of hydrogen-bond donors (Lipinski definition) is 0. The van der Waals surface area contributed by atoms with Crippen LogP contribution in [0.2, 0.25) is 0 Å². The van der Waals surface area contributed by atoms with Crippen molar-refractivity contribution < 1.29 is 14.3 Å². The number of anilines is 1. The smallest absolute Gasteiger partial charge is 0.326 e. The summed E-state index contributed by atoms with van der Waals surface area (Å²) in [6, 6.07) is 7.26. The van der Waals surface area contributed by atoms with Crippen LogP contribution < -0.4 is 4.90 Å². The number of nitrogens with zero attached hydrogens (tertiary/aromatic N) is 1. The van der Waals surface area contributed by atoms with Crippen LogP contribution in [0.5, 0.6) is 0 Å². The van der Waals surface area contributed by atoms with Crippen LogP contribution in [0.4, 0.5) is 5.69 Å². The van der Waals surface area contributed by atoms with Gasteiger partial charge in [0.05, 0.1) is 7.11 Å². The lowest BCUT2D eigenvalue weighted by Crippen LogP contribution is -2.45. The van der Waals surface area contributed by atoms with E-state index in [2.05, 4.69) is 6.58 Å². The van der Waals surface area contributed by atoms with E-state index in [9.17, 15) is 9.59 Å². The van der Waals surface area contributed by atoms with E-state index in [1.165, 1.54) is 12.0 Å². The van der Waals surface area contributed by atoms with Gasteiger partial charge in [-0.25, -0.2) is 0 Å². The van der Waals surface area contributed by atoms with Crippen molar-refractivity contribution in [2.45, 2.75) is 11.8 Å². The van der Waals surface area contributed by atoms with Gasteiger partial charge >= 0.3 is 5.97 Å². The van der Waals surface area contributed by atoms with Gasteiger partial charge in [-0.15, -0.1) is 6.58 Å². The maximum absolute atomic E-state index is 12.5. The van der Waals surface area contributed by atoms with Gasteiger partial charge in [0.1, 0.15) is 0 Å². The number of likely N-dealkylation sites (N-methyl/N-ethyl adjacent to an activating group) is 1. The van der Waals surface area contributed by atoms with Crippen LogP contribution in [0.1, 0.15) is 12.0 Å². The van der Waals surface area contributed by atoms with Crippen molar-refractivity contribution >= 4 is 17.6 Å². The number of esters is 1. The number of ether oxygens (including phenoxy) is 1. The molecular weight excluding hydrogens is 230 g/mol. The van der Waals surface area contributed by atoms with Crippen LogP contribution in [0.3, 0.4) is 0 Å². The number of carbonyl (C=O) groups is 2. The summed E-state index contributed by atoms with van der Waals surface area (Å²) < 4.78 is 4.83. The van der Waals surface area contributed by atoms with Crippen LogP contribution in [-0.4, -0.2) is 26.0 Å². The maximum atomic E-state index is 12.5. The first-order chi connectivity index (χ1) is 8.59. The standard InChI is InChI=1S/C14H15NO3/c1-4-9-14(13(17)18-3)10-7-5-6-8-11(10)15(2)12(14)16/h4-8H,1,9H2,2-3H3/t14-/m0/s1. The molecule has 0 aliphatic carbocycles. The van der Waals surface area contributed by atoms with Crippen molar-refractivity contribution in [1.29, 1.82) is 0 Å². The molecule has 0 fully saturated rings. The second kappa shape index (κ2) is 4.29. The lowest BCUT2D eigenvalue weighted by atomic mass is 9.78. The van der Waals surface area contributed by atoms with E-state index < -0.39 is 11.4 Å². The minimum Gasteiger partial charge on any atom is -0.468 e. The van der Waals surface area contributed by atoms with E-state index in [-0.39, 0.29) is 12.3 Å². The predicted molar refractivity (Wildman–Crippen MR) is 68.4 cm³/mol. The number of allylic oxidation sites excluding steroid dienone is 1. The van der Waals surface area contributed by atoms with Gasteiger partial charge in [0, 0.05) is 18.3 Å². The van der Waals surface area contributed by atoms with E-state index in [0.717, 1.165) is 5.69 Å². The molecule has 1 amide bonds. The Labute approximate surface area is 106 Å². The molecular formula is C14H15NO3. The summed E-state index contributed by atoms with van der Waals surface area (Å²) in [5.74, 6) is -0.806. The molecule has 0 saturated heterocycles. The van der Waals surface area contributed by atoms with Crippen molar-refractivity contribution in [3.63, 3.8) is 0 Å². The van der Waals surface area contributed by atoms with Crippen LogP contribution in [0, 0.1) is 0 Å². The highest BCUT2D eigenvalue weighted by Crippen LogP contribution is 2.44. The largest absolute Gasteiger partial charge is 0.468 e. The first-order valence-corrected chi connectivity index (χ1v) is 5.66. The zero-order valence-electron chi connectivity index (χ0n) is 10.5. The molecule has 1 atom stereocenters. The van der Waals surface area contributed by atoms with E-state index in [1.54, 1.807) is 19.2 Å². The molecule has 0 unspecified atom stereocenters. The minimum atomic E-state index is -1.28. The molecule has 0 aromatic heterocycles. The number of hydrogen-bond acceptors (Lipinski definition) is 3. The molecule has 1 aromatic rings. The molecule has 2 rings (SSSR count). The molecule has 0 spiro atoms. The van der Waals surface area contributed by atoms with Gasteiger partial charge in [-0.1, -0.05) is 24.3 Å². The zero-order valence-corrected chi connectivity index (χ0v) is 10.5. The van der Waals surface area contributed by atoms with Crippen LogP contribution in [0.15, 0.2) is 36.9 Å². The fourth-order valence-electron chi connectivity index (χ4n) is 2.51.